The molecule has 23 heavy (non-hydrogen) atoms. The fourth-order valence-corrected chi connectivity index (χ4v) is 3.21. The summed E-state index contributed by atoms with van der Waals surface area (Å²) in [5.41, 5.74) is 2.46. The van der Waals surface area contributed by atoms with Crippen molar-refractivity contribution in [2.75, 3.05) is 6.61 Å². The fraction of sp³-hybridized carbons (Fsp3) is 0.474. The summed E-state index contributed by atoms with van der Waals surface area (Å²) in [6.45, 7) is 4.97. The Morgan fingerprint density at radius 2 is 2.22 bits per heavy atom. The van der Waals surface area contributed by atoms with E-state index in [0.717, 1.165) is 25.2 Å². The van der Waals surface area contributed by atoms with Gasteiger partial charge in [0.25, 0.3) is 0 Å². The summed E-state index contributed by atoms with van der Waals surface area (Å²) in [6, 6.07) is 10.4. The van der Waals surface area contributed by atoms with Crippen molar-refractivity contribution in [3.8, 4) is 5.75 Å². The van der Waals surface area contributed by atoms with Crippen molar-refractivity contribution >= 4 is 0 Å². The molecule has 0 fully saturated rings. The Balaban J connectivity index is 1.68. The summed E-state index contributed by atoms with van der Waals surface area (Å²) in [7, 11) is 0. The van der Waals surface area contributed by atoms with Gasteiger partial charge in [0.2, 0.25) is 0 Å². The topological polar surface area (TPSA) is 54.6 Å². The lowest BCUT2D eigenvalue weighted by atomic mass is 9.98. The summed E-state index contributed by atoms with van der Waals surface area (Å²) < 4.78 is 11.1. The van der Waals surface area contributed by atoms with Gasteiger partial charge in [0.15, 0.2) is 0 Å². The maximum absolute atomic E-state index is 10.2. The SMILES string of the molecule is Cc1ccc2c(c1)C(NC(C)CC(O)c1ccco1)CCCO2. The molecule has 1 aliphatic rings. The van der Waals surface area contributed by atoms with Gasteiger partial charge in [-0.05, 0) is 51.3 Å². The van der Waals surface area contributed by atoms with Gasteiger partial charge in [0, 0.05) is 17.6 Å². The Labute approximate surface area is 137 Å². The number of aliphatic hydroxyl groups is 1. The molecule has 124 valence electrons. The predicted octanol–water partition coefficient (Wildman–Crippen LogP) is 3.90. The van der Waals surface area contributed by atoms with Crippen LogP contribution in [-0.2, 0) is 0 Å². The van der Waals surface area contributed by atoms with Gasteiger partial charge in [-0.3, -0.25) is 0 Å². The predicted molar refractivity (Wildman–Crippen MR) is 89.5 cm³/mol. The molecule has 0 aliphatic carbocycles. The molecule has 0 spiro atoms. The number of furan rings is 1. The normalized spacial score (nSPS) is 20.2. The molecule has 1 aromatic heterocycles. The van der Waals surface area contributed by atoms with Crippen molar-refractivity contribution in [3.63, 3.8) is 0 Å². The van der Waals surface area contributed by atoms with Crippen molar-refractivity contribution in [2.45, 2.75) is 51.3 Å². The van der Waals surface area contributed by atoms with Crippen LogP contribution in [0.15, 0.2) is 41.0 Å². The second-order valence-corrected chi connectivity index (χ2v) is 6.42. The molecule has 0 saturated heterocycles. The number of aliphatic hydroxyl groups excluding tert-OH is 1. The maximum Gasteiger partial charge on any atom is 0.132 e. The van der Waals surface area contributed by atoms with E-state index in [4.69, 9.17) is 9.15 Å². The Bertz CT molecular complexity index is 624. The monoisotopic (exact) mass is 315 g/mol. The maximum atomic E-state index is 10.2. The minimum Gasteiger partial charge on any atom is -0.493 e. The van der Waals surface area contributed by atoms with Crippen molar-refractivity contribution in [1.82, 2.24) is 5.32 Å². The van der Waals surface area contributed by atoms with E-state index >= 15 is 0 Å². The average molecular weight is 315 g/mol. The average Bonchev–Trinajstić information content (AvgIpc) is 2.99. The highest BCUT2D eigenvalue weighted by atomic mass is 16.5. The summed E-state index contributed by atoms with van der Waals surface area (Å²) >= 11 is 0. The molecule has 3 atom stereocenters. The van der Waals surface area contributed by atoms with Crippen LogP contribution < -0.4 is 10.1 Å². The van der Waals surface area contributed by atoms with Gasteiger partial charge in [-0.15, -0.1) is 0 Å². The lowest BCUT2D eigenvalue weighted by Gasteiger charge is -2.24. The van der Waals surface area contributed by atoms with Gasteiger partial charge < -0.3 is 19.6 Å². The minimum atomic E-state index is -0.577. The molecule has 0 bridgehead atoms. The Kier molecular flexibility index (Phi) is 5.03. The summed E-state index contributed by atoms with van der Waals surface area (Å²) in [5, 5.41) is 13.9. The lowest BCUT2D eigenvalue weighted by molar-refractivity contribution is 0.126. The highest BCUT2D eigenvalue weighted by Crippen LogP contribution is 2.33. The molecule has 3 rings (SSSR count). The van der Waals surface area contributed by atoms with Crippen LogP contribution in [0.2, 0.25) is 0 Å². The Morgan fingerprint density at radius 3 is 3.00 bits per heavy atom. The standard InChI is InChI=1S/C19H25NO3/c1-13-7-8-18-15(11-13)16(5-3-9-22-18)20-14(2)12-17(21)19-6-4-10-23-19/h4,6-8,10-11,14,16-17,20-21H,3,5,9,12H2,1-2H3. The molecule has 2 heterocycles. The molecular weight excluding hydrogens is 290 g/mol. The van der Waals surface area contributed by atoms with Crippen LogP contribution in [0.25, 0.3) is 0 Å². The van der Waals surface area contributed by atoms with Crippen molar-refractivity contribution in [2.24, 2.45) is 0 Å². The third kappa shape index (κ3) is 3.95. The zero-order valence-electron chi connectivity index (χ0n) is 13.8. The van der Waals surface area contributed by atoms with Gasteiger partial charge in [-0.25, -0.2) is 0 Å². The van der Waals surface area contributed by atoms with Gasteiger partial charge in [0.1, 0.15) is 17.6 Å². The Morgan fingerprint density at radius 1 is 1.35 bits per heavy atom. The van der Waals surface area contributed by atoms with E-state index in [1.807, 2.05) is 6.07 Å². The summed E-state index contributed by atoms with van der Waals surface area (Å²) in [6.07, 6.45) is 3.70. The van der Waals surface area contributed by atoms with E-state index in [2.05, 4.69) is 37.4 Å². The zero-order valence-corrected chi connectivity index (χ0v) is 13.8. The first-order valence-electron chi connectivity index (χ1n) is 8.34. The van der Waals surface area contributed by atoms with E-state index in [0.29, 0.717) is 12.2 Å². The number of hydrogen-bond donors (Lipinski definition) is 2. The van der Waals surface area contributed by atoms with E-state index in [1.165, 1.54) is 11.1 Å². The fourth-order valence-electron chi connectivity index (χ4n) is 3.21. The molecule has 0 saturated carbocycles. The lowest BCUT2D eigenvalue weighted by Crippen LogP contribution is -2.31. The van der Waals surface area contributed by atoms with E-state index in [9.17, 15) is 5.11 Å². The molecule has 1 aromatic carbocycles. The van der Waals surface area contributed by atoms with Crippen LogP contribution in [0, 0.1) is 6.92 Å². The van der Waals surface area contributed by atoms with Gasteiger partial charge in [-0.2, -0.15) is 0 Å². The molecule has 2 N–H and O–H groups in total. The van der Waals surface area contributed by atoms with Crippen LogP contribution in [0.5, 0.6) is 5.75 Å². The van der Waals surface area contributed by atoms with Crippen LogP contribution >= 0.6 is 0 Å². The first-order valence-corrected chi connectivity index (χ1v) is 8.34. The van der Waals surface area contributed by atoms with E-state index in [-0.39, 0.29) is 12.1 Å². The van der Waals surface area contributed by atoms with Crippen LogP contribution in [-0.4, -0.2) is 17.8 Å². The number of aryl methyl sites for hydroxylation is 1. The number of nitrogens with one attached hydrogen (secondary N) is 1. The number of fused-ring (bicyclic) bond motifs is 1. The molecule has 0 radical (unpaired) electrons. The molecular formula is C19H25NO3. The first-order chi connectivity index (χ1) is 11.1. The second-order valence-electron chi connectivity index (χ2n) is 6.42. The third-order valence-electron chi connectivity index (χ3n) is 4.37. The van der Waals surface area contributed by atoms with Crippen LogP contribution in [0.1, 0.15) is 55.2 Å². The summed E-state index contributed by atoms with van der Waals surface area (Å²) in [4.78, 5) is 0. The Hall–Kier alpha value is -1.78. The minimum absolute atomic E-state index is 0.173. The number of hydrogen-bond acceptors (Lipinski definition) is 4. The summed E-state index contributed by atoms with van der Waals surface area (Å²) in [5.74, 6) is 1.60. The third-order valence-corrected chi connectivity index (χ3v) is 4.37. The van der Waals surface area contributed by atoms with Crippen molar-refractivity contribution in [1.29, 1.82) is 0 Å². The van der Waals surface area contributed by atoms with E-state index in [1.54, 1.807) is 12.3 Å². The quantitative estimate of drug-likeness (QED) is 0.878. The smallest absolute Gasteiger partial charge is 0.132 e. The zero-order chi connectivity index (χ0) is 16.2. The van der Waals surface area contributed by atoms with Crippen LogP contribution in [0.4, 0.5) is 0 Å². The van der Waals surface area contributed by atoms with Gasteiger partial charge >= 0.3 is 0 Å². The highest BCUT2D eigenvalue weighted by Gasteiger charge is 2.23. The van der Waals surface area contributed by atoms with Gasteiger partial charge in [0.05, 0.1) is 12.9 Å². The molecule has 1 aliphatic heterocycles. The first kappa shape index (κ1) is 16.1. The van der Waals surface area contributed by atoms with Gasteiger partial charge in [-0.1, -0.05) is 17.7 Å². The second kappa shape index (κ2) is 7.20. The highest BCUT2D eigenvalue weighted by molar-refractivity contribution is 5.39. The molecule has 3 unspecified atom stereocenters. The van der Waals surface area contributed by atoms with E-state index < -0.39 is 6.10 Å². The molecule has 4 nitrogen and oxygen atoms in total. The molecule has 2 aromatic rings. The van der Waals surface area contributed by atoms with Crippen molar-refractivity contribution in [3.05, 3.63) is 53.5 Å². The number of benzene rings is 1. The number of ether oxygens (including phenoxy) is 1. The van der Waals surface area contributed by atoms with Crippen molar-refractivity contribution < 1.29 is 14.3 Å². The number of rotatable bonds is 5. The molecule has 0 amide bonds. The largest absolute Gasteiger partial charge is 0.493 e. The van der Waals surface area contributed by atoms with Crippen LogP contribution in [0.3, 0.4) is 0 Å². The molecule has 4 heteroatoms.